The van der Waals surface area contributed by atoms with Gasteiger partial charge in [0.05, 0.1) is 5.41 Å². The first-order valence-corrected chi connectivity index (χ1v) is 8.84. The summed E-state index contributed by atoms with van der Waals surface area (Å²) >= 11 is 0. The molecule has 4 fully saturated rings. The summed E-state index contributed by atoms with van der Waals surface area (Å²) in [5.74, 6) is 2.50. The third kappa shape index (κ3) is 2.99. The van der Waals surface area contributed by atoms with Crippen LogP contribution in [0.3, 0.4) is 0 Å². The van der Waals surface area contributed by atoms with Gasteiger partial charge in [-0.3, -0.25) is 4.79 Å². The molecule has 0 saturated heterocycles. The van der Waals surface area contributed by atoms with Crippen molar-refractivity contribution in [2.75, 3.05) is 6.54 Å². The first kappa shape index (κ1) is 15.3. The summed E-state index contributed by atoms with van der Waals surface area (Å²) in [6, 6.07) is 0.0958. The lowest BCUT2D eigenvalue weighted by molar-refractivity contribution is -0.155. The molecule has 4 aliphatic rings. The van der Waals surface area contributed by atoms with Crippen LogP contribution in [0.5, 0.6) is 0 Å². The Hall–Kier alpha value is -0.570. The highest BCUT2D eigenvalue weighted by molar-refractivity contribution is 5.83. The van der Waals surface area contributed by atoms with E-state index in [-0.39, 0.29) is 11.5 Å². The molecule has 3 unspecified atom stereocenters. The molecule has 4 aliphatic carbocycles. The second-order valence-corrected chi connectivity index (χ2v) is 9.15. The lowest BCUT2D eigenvalue weighted by Gasteiger charge is -2.60. The van der Waals surface area contributed by atoms with Crippen LogP contribution in [-0.4, -0.2) is 18.5 Å². The number of amides is 1. The minimum atomic E-state index is -0.0591. The van der Waals surface area contributed by atoms with Crippen LogP contribution in [0.15, 0.2) is 0 Å². The van der Waals surface area contributed by atoms with E-state index in [1.54, 1.807) is 0 Å². The van der Waals surface area contributed by atoms with Crippen molar-refractivity contribution >= 4 is 5.91 Å². The molecule has 21 heavy (non-hydrogen) atoms. The van der Waals surface area contributed by atoms with Gasteiger partial charge in [-0.25, -0.2) is 0 Å². The molecule has 0 aromatic carbocycles. The molecule has 0 aromatic heterocycles. The van der Waals surface area contributed by atoms with Gasteiger partial charge in [0.2, 0.25) is 5.91 Å². The minimum absolute atomic E-state index is 0.0591. The molecular weight excluding hydrogens is 260 g/mol. The second-order valence-electron chi connectivity index (χ2n) is 9.15. The molecule has 0 spiro atoms. The Morgan fingerprint density at radius 1 is 1.24 bits per heavy atom. The fraction of sp³-hybridized carbons (Fsp3) is 0.944. The molecule has 120 valence electrons. The van der Waals surface area contributed by atoms with E-state index in [0.29, 0.717) is 23.8 Å². The van der Waals surface area contributed by atoms with Crippen LogP contribution < -0.4 is 11.1 Å². The molecule has 0 aromatic rings. The number of rotatable bonds is 5. The lowest BCUT2D eigenvalue weighted by atomic mass is 9.44. The maximum atomic E-state index is 12.9. The Balaban J connectivity index is 1.62. The van der Waals surface area contributed by atoms with Crippen LogP contribution in [0.2, 0.25) is 0 Å². The van der Waals surface area contributed by atoms with Crippen LogP contribution >= 0.6 is 0 Å². The summed E-state index contributed by atoms with van der Waals surface area (Å²) in [7, 11) is 0. The van der Waals surface area contributed by atoms with Crippen molar-refractivity contribution in [3.05, 3.63) is 0 Å². The normalized spacial score (nSPS) is 42.3. The largest absolute Gasteiger partial charge is 0.354 e. The zero-order valence-corrected chi connectivity index (χ0v) is 14.0. The molecular formula is C18H32N2O. The molecule has 0 aliphatic heterocycles. The lowest BCUT2D eigenvalue weighted by Crippen LogP contribution is -2.57. The summed E-state index contributed by atoms with van der Waals surface area (Å²) in [4.78, 5) is 12.9. The van der Waals surface area contributed by atoms with Gasteiger partial charge in [0.25, 0.3) is 0 Å². The number of nitrogens with one attached hydrogen (secondary N) is 1. The topological polar surface area (TPSA) is 55.1 Å². The Morgan fingerprint density at radius 2 is 1.86 bits per heavy atom. The van der Waals surface area contributed by atoms with E-state index < -0.39 is 0 Å². The van der Waals surface area contributed by atoms with Gasteiger partial charge < -0.3 is 11.1 Å². The standard InChI is InChI=1S/C18H32N2O/c1-12(2)4-15(19)10-20-16(21)18-8-13-5-14(9-18)7-17(3,6-13)11-18/h12-15H,4-11,19H2,1-3H3,(H,20,21). The maximum absolute atomic E-state index is 12.9. The van der Waals surface area contributed by atoms with E-state index in [4.69, 9.17) is 5.73 Å². The van der Waals surface area contributed by atoms with Crippen molar-refractivity contribution in [1.29, 1.82) is 0 Å². The predicted octanol–water partition coefficient (Wildman–Crippen LogP) is 3.08. The summed E-state index contributed by atoms with van der Waals surface area (Å²) in [6.07, 6.45) is 8.43. The Labute approximate surface area is 129 Å². The zero-order chi connectivity index (χ0) is 15.3. The summed E-state index contributed by atoms with van der Waals surface area (Å²) in [6.45, 7) is 7.42. The SMILES string of the molecule is CC(C)CC(N)CNC(=O)C12CC3CC(CC(C)(C3)C1)C2. The smallest absolute Gasteiger partial charge is 0.226 e. The molecule has 4 bridgehead atoms. The molecule has 0 radical (unpaired) electrons. The molecule has 3 atom stereocenters. The van der Waals surface area contributed by atoms with E-state index in [2.05, 4.69) is 26.1 Å². The van der Waals surface area contributed by atoms with Gasteiger partial charge >= 0.3 is 0 Å². The highest BCUT2D eigenvalue weighted by atomic mass is 16.2. The van der Waals surface area contributed by atoms with Gasteiger partial charge in [-0.15, -0.1) is 0 Å². The number of carbonyl (C=O) groups is 1. The average molecular weight is 292 g/mol. The third-order valence-corrected chi connectivity index (χ3v) is 6.13. The first-order chi connectivity index (χ1) is 9.80. The molecule has 4 rings (SSSR count). The predicted molar refractivity (Wildman–Crippen MR) is 85.7 cm³/mol. The average Bonchev–Trinajstić information content (AvgIpc) is 2.31. The Kier molecular flexibility index (Phi) is 3.84. The van der Waals surface area contributed by atoms with Gasteiger partial charge in [-0.05, 0) is 68.1 Å². The second kappa shape index (κ2) is 5.26. The van der Waals surface area contributed by atoms with Gasteiger partial charge in [-0.2, -0.15) is 0 Å². The van der Waals surface area contributed by atoms with Gasteiger partial charge in [-0.1, -0.05) is 20.8 Å². The quantitative estimate of drug-likeness (QED) is 0.818. The first-order valence-electron chi connectivity index (χ1n) is 8.84. The van der Waals surface area contributed by atoms with Crippen LogP contribution in [0.25, 0.3) is 0 Å². The van der Waals surface area contributed by atoms with Crippen molar-refractivity contribution in [2.45, 2.75) is 71.8 Å². The van der Waals surface area contributed by atoms with Crippen LogP contribution in [0.1, 0.15) is 65.7 Å². The monoisotopic (exact) mass is 292 g/mol. The van der Waals surface area contributed by atoms with Crippen molar-refractivity contribution < 1.29 is 4.79 Å². The van der Waals surface area contributed by atoms with Crippen LogP contribution in [0.4, 0.5) is 0 Å². The Bertz CT molecular complexity index is 403. The minimum Gasteiger partial charge on any atom is -0.354 e. The fourth-order valence-electron chi connectivity index (χ4n) is 6.09. The fourth-order valence-corrected chi connectivity index (χ4v) is 6.09. The number of nitrogens with two attached hydrogens (primary N) is 1. The van der Waals surface area contributed by atoms with Crippen molar-refractivity contribution in [2.24, 2.45) is 34.3 Å². The van der Waals surface area contributed by atoms with E-state index in [0.717, 1.165) is 37.5 Å². The van der Waals surface area contributed by atoms with E-state index in [1.807, 2.05) is 0 Å². The van der Waals surface area contributed by atoms with Gasteiger partial charge in [0.15, 0.2) is 0 Å². The van der Waals surface area contributed by atoms with Gasteiger partial charge in [0.1, 0.15) is 0 Å². The molecule has 4 saturated carbocycles. The number of hydrogen-bond donors (Lipinski definition) is 2. The van der Waals surface area contributed by atoms with Crippen LogP contribution in [-0.2, 0) is 4.79 Å². The zero-order valence-electron chi connectivity index (χ0n) is 14.0. The summed E-state index contributed by atoms with van der Waals surface area (Å²) in [5, 5.41) is 3.20. The van der Waals surface area contributed by atoms with Crippen molar-refractivity contribution in [1.82, 2.24) is 5.32 Å². The summed E-state index contributed by atoms with van der Waals surface area (Å²) in [5.41, 5.74) is 6.50. The third-order valence-electron chi connectivity index (χ3n) is 6.13. The van der Waals surface area contributed by atoms with Crippen molar-refractivity contribution in [3.63, 3.8) is 0 Å². The molecule has 3 nitrogen and oxygen atoms in total. The van der Waals surface area contributed by atoms with E-state index in [9.17, 15) is 4.79 Å². The number of hydrogen-bond acceptors (Lipinski definition) is 2. The molecule has 1 amide bonds. The Morgan fingerprint density at radius 3 is 2.38 bits per heavy atom. The van der Waals surface area contributed by atoms with Crippen LogP contribution in [0, 0.1) is 28.6 Å². The molecule has 0 heterocycles. The molecule has 3 heteroatoms. The maximum Gasteiger partial charge on any atom is 0.226 e. The molecule has 3 N–H and O–H groups in total. The van der Waals surface area contributed by atoms with Crippen molar-refractivity contribution in [3.8, 4) is 0 Å². The number of carbonyl (C=O) groups excluding carboxylic acids is 1. The van der Waals surface area contributed by atoms with E-state index >= 15 is 0 Å². The highest BCUT2D eigenvalue weighted by Gasteiger charge is 2.58. The summed E-state index contributed by atoms with van der Waals surface area (Å²) < 4.78 is 0. The highest BCUT2D eigenvalue weighted by Crippen LogP contribution is 2.65. The van der Waals surface area contributed by atoms with E-state index in [1.165, 1.54) is 19.3 Å². The van der Waals surface area contributed by atoms with Gasteiger partial charge in [0, 0.05) is 12.6 Å².